The first-order chi connectivity index (χ1) is 15.5. The van der Waals surface area contributed by atoms with Crippen molar-refractivity contribution in [2.24, 2.45) is 0 Å². The molecule has 2 aromatic carbocycles. The van der Waals surface area contributed by atoms with Crippen LogP contribution in [0.2, 0.25) is 0 Å². The highest BCUT2D eigenvalue weighted by Gasteiger charge is 2.27. The number of thiazole rings is 1. The molecule has 1 amide bonds. The number of hydrogen-bond acceptors (Lipinski definition) is 7. The smallest absolute Gasteiger partial charge is 0.228 e. The molecule has 9 heteroatoms. The van der Waals surface area contributed by atoms with E-state index in [0.29, 0.717) is 23.2 Å². The van der Waals surface area contributed by atoms with Crippen LogP contribution >= 0.6 is 23.1 Å². The molecule has 1 fully saturated rings. The van der Waals surface area contributed by atoms with E-state index in [1.807, 2.05) is 24.5 Å². The summed E-state index contributed by atoms with van der Waals surface area (Å²) in [5, 5.41) is 0.646. The lowest BCUT2D eigenvalue weighted by Gasteiger charge is -2.23. The topological polar surface area (TPSA) is 76.6 Å². The van der Waals surface area contributed by atoms with Crippen LogP contribution in [-0.4, -0.2) is 50.6 Å². The van der Waals surface area contributed by atoms with Crippen LogP contribution in [0.3, 0.4) is 0 Å². The van der Waals surface area contributed by atoms with Crippen molar-refractivity contribution in [1.29, 1.82) is 0 Å². The van der Waals surface area contributed by atoms with Crippen LogP contribution in [0.5, 0.6) is 0 Å². The van der Waals surface area contributed by atoms with Gasteiger partial charge in [-0.05, 0) is 49.8 Å². The standard InChI is InChI=1S/C23H26N2O4S3/c1-30-19-11-5-12-20-22(19)24-23(31-20)25(16-17-8-6-14-29-17)21(26)13-7-15-32(27,28)18-9-3-2-4-10-18/h2-5,9-12,17H,6-8,13-16H2,1H3. The van der Waals surface area contributed by atoms with Gasteiger partial charge in [0, 0.05) is 17.9 Å². The molecule has 0 N–H and O–H groups in total. The van der Waals surface area contributed by atoms with Crippen molar-refractivity contribution >= 4 is 54.2 Å². The Morgan fingerprint density at radius 1 is 1.22 bits per heavy atom. The number of thioether (sulfide) groups is 1. The number of ether oxygens (including phenoxy) is 1. The van der Waals surface area contributed by atoms with Crippen molar-refractivity contribution in [2.75, 3.05) is 30.1 Å². The average molecular weight is 491 g/mol. The number of carbonyl (C=O) groups excluding carboxylic acids is 1. The fourth-order valence-electron chi connectivity index (χ4n) is 3.76. The van der Waals surface area contributed by atoms with Gasteiger partial charge < -0.3 is 4.74 Å². The molecule has 0 saturated carbocycles. The Labute approximate surface area is 196 Å². The maximum absolute atomic E-state index is 13.2. The van der Waals surface area contributed by atoms with E-state index in [1.165, 1.54) is 11.3 Å². The number of amides is 1. The normalized spacial score (nSPS) is 16.5. The van der Waals surface area contributed by atoms with Gasteiger partial charge in [-0.25, -0.2) is 13.4 Å². The van der Waals surface area contributed by atoms with Crippen LogP contribution in [0.1, 0.15) is 25.7 Å². The van der Waals surface area contributed by atoms with Crippen molar-refractivity contribution in [3.8, 4) is 0 Å². The fourth-order valence-corrected chi connectivity index (χ4v) is 6.74. The Bertz CT molecular complexity index is 1170. The summed E-state index contributed by atoms with van der Waals surface area (Å²) in [5.41, 5.74) is 0.900. The Morgan fingerprint density at radius 2 is 2.03 bits per heavy atom. The minimum Gasteiger partial charge on any atom is -0.376 e. The molecular weight excluding hydrogens is 464 g/mol. The number of anilines is 1. The molecule has 1 saturated heterocycles. The number of aromatic nitrogens is 1. The Hall–Kier alpha value is -1.94. The van der Waals surface area contributed by atoms with E-state index in [0.717, 1.165) is 28.0 Å². The lowest BCUT2D eigenvalue weighted by Crippen LogP contribution is -2.37. The van der Waals surface area contributed by atoms with Gasteiger partial charge >= 0.3 is 0 Å². The van der Waals surface area contributed by atoms with Crippen molar-refractivity contribution in [2.45, 2.75) is 41.6 Å². The number of carbonyl (C=O) groups is 1. The van der Waals surface area contributed by atoms with Crippen LogP contribution < -0.4 is 4.90 Å². The third-order valence-corrected chi connectivity index (χ3v) is 9.07. The highest BCUT2D eigenvalue weighted by Crippen LogP contribution is 2.35. The molecule has 1 unspecified atom stereocenters. The first-order valence-corrected chi connectivity index (χ1v) is 14.3. The van der Waals surface area contributed by atoms with E-state index in [9.17, 15) is 13.2 Å². The molecule has 0 aliphatic carbocycles. The number of hydrogen-bond donors (Lipinski definition) is 0. The van der Waals surface area contributed by atoms with Gasteiger partial charge in [0.2, 0.25) is 5.91 Å². The zero-order chi connectivity index (χ0) is 22.6. The molecule has 0 spiro atoms. The number of fused-ring (bicyclic) bond motifs is 1. The molecule has 4 rings (SSSR count). The second kappa shape index (κ2) is 10.3. The van der Waals surface area contributed by atoms with Crippen molar-refractivity contribution in [3.63, 3.8) is 0 Å². The summed E-state index contributed by atoms with van der Waals surface area (Å²) in [7, 11) is -3.41. The summed E-state index contributed by atoms with van der Waals surface area (Å²) >= 11 is 3.12. The largest absolute Gasteiger partial charge is 0.376 e. The minimum absolute atomic E-state index is 0.0148. The second-order valence-corrected chi connectivity index (χ2v) is 11.6. The van der Waals surface area contributed by atoms with Crippen molar-refractivity contribution in [1.82, 2.24) is 4.98 Å². The SMILES string of the molecule is CSc1cccc2sc(N(CC3CCCO3)C(=O)CCCS(=O)(=O)c3ccccc3)nc12. The molecule has 32 heavy (non-hydrogen) atoms. The molecule has 3 aromatic rings. The third kappa shape index (κ3) is 5.33. The first-order valence-electron chi connectivity index (χ1n) is 10.6. The number of rotatable bonds is 9. The van der Waals surface area contributed by atoms with Gasteiger partial charge in [0.05, 0.1) is 33.5 Å². The van der Waals surface area contributed by atoms with E-state index in [4.69, 9.17) is 9.72 Å². The van der Waals surface area contributed by atoms with E-state index < -0.39 is 9.84 Å². The monoisotopic (exact) mass is 490 g/mol. The Balaban J connectivity index is 1.50. The van der Waals surface area contributed by atoms with E-state index >= 15 is 0 Å². The molecule has 6 nitrogen and oxygen atoms in total. The Morgan fingerprint density at radius 3 is 2.75 bits per heavy atom. The number of para-hydroxylation sites is 1. The molecule has 170 valence electrons. The zero-order valence-electron chi connectivity index (χ0n) is 17.9. The predicted molar refractivity (Wildman–Crippen MR) is 130 cm³/mol. The summed E-state index contributed by atoms with van der Waals surface area (Å²) in [6.07, 6.45) is 4.30. The van der Waals surface area contributed by atoms with Gasteiger partial charge in [-0.1, -0.05) is 35.6 Å². The van der Waals surface area contributed by atoms with Crippen molar-refractivity contribution in [3.05, 3.63) is 48.5 Å². The molecule has 2 heterocycles. The van der Waals surface area contributed by atoms with Gasteiger partial charge in [0.25, 0.3) is 0 Å². The molecule has 1 aliphatic rings. The van der Waals surface area contributed by atoms with Gasteiger partial charge in [-0.15, -0.1) is 11.8 Å². The Kier molecular flexibility index (Phi) is 7.50. The van der Waals surface area contributed by atoms with E-state index in [-0.39, 0.29) is 30.6 Å². The summed E-state index contributed by atoms with van der Waals surface area (Å²) in [6.45, 7) is 1.15. The van der Waals surface area contributed by atoms with Gasteiger partial charge in [0.1, 0.15) is 0 Å². The molecular formula is C23H26N2O4S3. The van der Waals surface area contributed by atoms with Crippen LogP contribution in [0.15, 0.2) is 58.3 Å². The van der Waals surface area contributed by atoms with Crippen LogP contribution in [0.25, 0.3) is 10.2 Å². The lowest BCUT2D eigenvalue weighted by atomic mass is 10.2. The number of sulfone groups is 1. The summed E-state index contributed by atoms with van der Waals surface area (Å²) in [4.78, 5) is 21.1. The minimum atomic E-state index is -3.41. The van der Waals surface area contributed by atoms with E-state index in [2.05, 4.69) is 0 Å². The second-order valence-electron chi connectivity index (χ2n) is 7.68. The maximum Gasteiger partial charge on any atom is 0.228 e. The fraction of sp³-hybridized carbons (Fsp3) is 0.391. The molecule has 1 aromatic heterocycles. The number of nitrogens with zero attached hydrogens (tertiary/aromatic N) is 2. The van der Waals surface area contributed by atoms with Gasteiger partial charge in [-0.3, -0.25) is 9.69 Å². The number of benzene rings is 2. The zero-order valence-corrected chi connectivity index (χ0v) is 20.3. The third-order valence-electron chi connectivity index (χ3n) is 5.44. The van der Waals surface area contributed by atoms with Gasteiger partial charge in [-0.2, -0.15) is 0 Å². The summed E-state index contributed by atoms with van der Waals surface area (Å²) in [6, 6.07) is 14.4. The van der Waals surface area contributed by atoms with Crippen LogP contribution in [-0.2, 0) is 19.4 Å². The highest BCUT2D eigenvalue weighted by atomic mass is 32.2. The average Bonchev–Trinajstić information content (AvgIpc) is 3.47. The van der Waals surface area contributed by atoms with E-state index in [1.54, 1.807) is 47.0 Å². The lowest BCUT2D eigenvalue weighted by molar-refractivity contribution is -0.119. The summed E-state index contributed by atoms with van der Waals surface area (Å²) < 4.78 is 31.9. The predicted octanol–water partition coefficient (Wildman–Crippen LogP) is 4.78. The van der Waals surface area contributed by atoms with Crippen molar-refractivity contribution < 1.29 is 17.9 Å². The van der Waals surface area contributed by atoms with Crippen LogP contribution in [0.4, 0.5) is 5.13 Å². The molecule has 1 aliphatic heterocycles. The molecule has 0 bridgehead atoms. The maximum atomic E-state index is 13.2. The first kappa shape index (κ1) is 23.2. The molecule has 0 radical (unpaired) electrons. The summed E-state index contributed by atoms with van der Waals surface area (Å²) in [5.74, 6) is -0.180. The molecule has 1 atom stereocenters. The van der Waals surface area contributed by atoms with Gasteiger partial charge in [0.15, 0.2) is 15.0 Å². The highest BCUT2D eigenvalue weighted by molar-refractivity contribution is 7.98. The quantitative estimate of drug-likeness (QED) is 0.402. The van der Waals surface area contributed by atoms with Crippen LogP contribution in [0, 0.1) is 0 Å².